The lowest BCUT2D eigenvalue weighted by atomic mass is 9.94. The van der Waals surface area contributed by atoms with Crippen LogP contribution in [0.3, 0.4) is 0 Å². The molecule has 0 bridgehead atoms. The topological polar surface area (TPSA) is 29.5 Å². The molecule has 1 saturated heterocycles. The van der Waals surface area contributed by atoms with E-state index in [2.05, 4.69) is 13.8 Å². The van der Waals surface area contributed by atoms with Crippen LogP contribution >= 0.6 is 0 Å². The second-order valence-corrected chi connectivity index (χ2v) is 4.14. The number of nitrogens with zero attached hydrogens (tertiary/aromatic N) is 1. The molecule has 0 radical (unpaired) electrons. The molecule has 0 spiro atoms. The van der Waals surface area contributed by atoms with Crippen molar-refractivity contribution in [1.29, 1.82) is 0 Å². The molecule has 14 heavy (non-hydrogen) atoms. The fraction of sp³-hybridized carbons (Fsp3) is 0.909. The van der Waals surface area contributed by atoms with Crippen LogP contribution in [0.25, 0.3) is 0 Å². The Kier molecular flexibility index (Phi) is 4.39. The average Bonchev–Trinajstić information content (AvgIpc) is 2.66. The summed E-state index contributed by atoms with van der Waals surface area (Å²) in [6.07, 6.45) is 4.46. The molecule has 0 aromatic rings. The van der Waals surface area contributed by atoms with Gasteiger partial charge in [0.2, 0.25) is 6.41 Å². The molecule has 0 aromatic carbocycles. The Morgan fingerprint density at radius 1 is 1.64 bits per heavy atom. The maximum atomic E-state index is 10.8. The molecule has 3 atom stereocenters. The molecular weight excluding hydrogens is 178 g/mol. The first-order valence-corrected chi connectivity index (χ1v) is 5.48. The van der Waals surface area contributed by atoms with Gasteiger partial charge in [0.25, 0.3) is 0 Å². The van der Waals surface area contributed by atoms with Gasteiger partial charge in [0, 0.05) is 13.7 Å². The fourth-order valence-corrected chi connectivity index (χ4v) is 2.30. The molecule has 0 aromatic heterocycles. The lowest BCUT2D eigenvalue weighted by Crippen LogP contribution is -2.42. The molecule has 1 aliphatic heterocycles. The minimum absolute atomic E-state index is 0.202. The number of hydrogen-bond acceptors (Lipinski definition) is 2. The van der Waals surface area contributed by atoms with Crippen LogP contribution in [0, 0.1) is 5.92 Å². The van der Waals surface area contributed by atoms with Crippen molar-refractivity contribution < 1.29 is 9.53 Å². The lowest BCUT2D eigenvalue weighted by molar-refractivity contribution is -0.122. The number of methoxy groups -OCH3 is 1. The van der Waals surface area contributed by atoms with Crippen LogP contribution < -0.4 is 0 Å². The van der Waals surface area contributed by atoms with Crippen molar-refractivity contribution in [2.45, 2.75) is 45.3 Å². The summed E-state index contributed by atoms with van der Waals surface area (Å²) in [5, 5.41) is 0. The summed E-state index contributed by atoms with van der Waals surface area (Å²) < 4.78 is 5.52. The summed E-state index contributed by atoms with van der Waals surface area (Å²) >= 11 is 0. The Hall–Kier alpha value is -0.570. The van der Waals surface area contributed by atoms with E-state index in [1.165, 1.54) is 0 Å². The molecule has 1 aliphatic rings. The molecule has 1 rings (SSSR count). The Morgan fingerprint density at radius 3 is 2.86 bits per heavy atom. The average molecular weight is 199 g/mol. The van der Waals surface area contributed by atoms with Gasteiger partial charge in [-0.05, 0) is 18.8 Å². The third-order valence-electron chi connectivity index (χ3n) is 3.33. The molecule has 3 unspecified atom stereocenters. The van der Waals surface area contributed by atoms with Crippen LogP contribution in [0.4, 0.5) is 0 Å². The first-order valence-electron chi connectivity index (χ1n) is 5.48. The van der Waals surface area contributed by atoms with E-state index >= 15 is 0 Å². The Balaban J connectivity index is 2.62. The van der Waals surface area contributed by atoms with Crippen LogP contribution in [0.1, 0.15) is 33.1 Å². The summed E-state index contributed by atoms with van der Waals surface area (Å²) in [4.78, 5) is 12.7. The van der Waals surface area contributed by atoms with Gasteiger partial charge in [0.05, 0.1) is 12.1 Å². The number of amides is 1. The minimum Gasteiger partial charge on any atom is -0.379 e. The normalized spacial score (nSPS) is 26.2. The number of ether oxygens (including phenoxy) is 1. The van der Waals surface area contributed by atoms with Crippen molar-refractivity contribution in [2.24, 2.45) is 5.92 Å². The Bertz CT molecular complexity index is 184. The van der Waals surface area contributed by atoms with Crippen LogP contribution in [0.5, 0.6) is 0 Å². The van der Waals surface area contributed by atoms with Crippen molar-refractivity contribution in [3.8, 4) is 0 Å². The zero-order valence-corrected chi connectivity index (χ0v) is 9.40. The molecule has 3 nitrogen and oxygen atoms in total. The van der Waals surface area contributed by atoms with E-state index < -0.39 is 0 Å². The van der Waals surface area contributed by atoms with Gasteiger partial charge in [-0.25, -0.2) is 0 Å². The minimum atomic E-state index is 0.202. The highest BCUT2D eigenvalue weighted by Gasteiger charge is 2.33. The molecule has 82 valence electrons. The lowest BCUT2D eigenvalue weighted by Gasteiger charge is -2.31. The molecule has 1 fully saturated rings. The van der Waals surface area contributed by atoms with Crippen molar-refractivity contribution in [3.05, 3.63) is 0 Å². The standard InChI is InChI=1S/C11H21NO2/c1-4-9(2)11(14-3)10-6-5-7-12(10)8-13/h8-11H,4-7H2,1-3H3. The number of hydrogen-bond donors (Lipinski definition) is 0. The summed E-state index contributed by atoms with van der Waals surface area (Å²) in [5.74, 6) is 0.519. The second kappa shape index (κ2) is 5.35. The molecule has 0 N–H and O–H groups in total. The van der Waals surface area contributed by atoms with Crippen LogP contribution in [-0.4, -0.2) is 37.1 Å². The summed E-state index contributed by atoms with van der Waals surface area (Å²) in [6, 6.07) is 0.299. The summed E-state index contributed by atoms with van der Waals surface area (Å²) in [5.41, 5.74) is 0. The number of likely N-dealkylation sites (tertiary alicyclic amines) is 1. The van der Waals surface area contributed by atoms with Crippen molar-refractivity contribution in [2.75, 3.05) is 13.7 Å². The van der Waals surface area contributed by atoms with E-state index in [1.54, 1.807) is 7.11 Å². The first-order chi connectivity index (χ1) is 6.74. The molecular formula is C11H21NO2. The molecule has 0 saturated carbocycles. The third kappa shape index (κ3) is 2.27. The zero-order chi connectivity index (χ0) is 10.6. The van der Waals surface area contributed by atoms with E-state index in [0.29, 0.717) is 12.0 Å². The monoisotopic (exact) mass is 199 g/mol. The van der Waals surface area contributed by atoms with Crippen molar-refractivity contribution in [3.63, 3.8) is 0 Å². The molecule has 1 heterocycles. The fourth-order valence-electron chi connectivity index (χ4n) is 2.30. The van der Waals surface area contributed by atoms with Gasteiger partial charge >= 0.3 is 0 Å². The number of rotatable bonds is 5. The second-order valence-electron chi connectivity index (χ2n) is 4.14. The largest absolute Gasteiger partial charge is 0.379 e. The Labute approximate surface area is 86.4 Å². The predicted molar refractivity (Wildman–Crippen MR) is 56.0 cm³/mol. The van der Waals surface area contributed by atoms with E-state index in [9.17, 15) is 4.79 Å². The number of carbonyl (C=O) groups is 1. The van der Waals surface area contributed by atoms with Crippen molar-refractivity contribution >= 4 is 6.41 Å². The van der Waals surface area contributed by atoms with Crippen LogP contribution in [-0.2, 0) is 9.53 Å². The van der Waals surface area contributed by atoms with E-state index in [-0.39, 0.29) is 6.10 Å². The molecule has 3 heteroatoms. The first kappa shape index (κ1) is 11.5. The maximum absolute atomic E-state index is 10.8. The Morgan fingerprint density at radius 2 is 2.36 bits per heavy atom. The van der Waals surface area contributed by atoms with Gasteiger partial charge < -0.3 is 9.64 Å². The van der Waals surface area contributed by atoms with Gasteiger partial charge in [-0.2, -0.15) is 0 Å². The predicted octanol–water partition coefficient (Wildman–Crippen LogP) is 1.67. The highest BCUT2D eigenvalue weighted by molar-refractivity contribution is 5.48. The van der Waals surface area contributed by atoms with Crippen molar-refractivity contribution in [1.82, 2.24) is 4.90 Å². The highest BCUT2D eigenvalue weighted by Crippen LogP contribution is 2.25. The number of carbonyl (C=O) groups excluding carboxylic acids is 1. The van der Waals surface area contributed by atoms with Crippen LogP contribution in [0.2, 0.25) is 0 Å². The maximum Gasteiger partial charge on any atom is 0.210 e. The SMILES string of the molecule is CCC(C)C(OC)C1CCCN1C=O. The van der Waals surface area contributed by atoms with E-state index in [1.807, 2.05) is 4.90 Å². The van der Waals surface area contributed by atoms with Gasteiger partial charge in [0.15, 0.2) is 0 Å². The van der Waals surface area contributed by atoms with Gasteiger partial charge in [-0.3, -0.25) is 4.79 Å². The quantitative estimate of drug-likeness (QED) is 0.630. The highest BCUT2D eigenvalue weighted by atomic mass is 16.5. The summed E-state index contributed by atoms with van der Waals surface area (Å²) in [6.45, 7) is 5.25. The van der Waals surface area contributed by atoms with Crippen LogP contribution in [0.15, 0.2) is 0 Å². The molecule has 0 aliphatic carbocycles. The summed E-state index contributed by atoms with van der Waals surface area (Å²) in [7, 11) is 1.75. The third-order valence-corrected chi connectivity index (χ3v) is 3.33. The zero-order valence-electron chi connectivity index (χ0n) is 9.40. The van der Waals surface area contributed by atoms with Gasteiger partial charge in [0.1, 0.15) is 0 Å². The van der Waals surface area contributed by atoms with Gasteiger partial charge in [-0.15, -0.1) is 0 Å². The van der Waals surface area contributed by atoms with E-state index in [0.717, 1.165) is 32.2 Å². The van der Waals surface area contributed by atoms with Gasteiger partial charge in [-0.1, -0.05) is 20.3 Å². The van der Waals surface area contributed by atoms with E-state index in [4.69, 9.17) is 4.74 Å². The smallest absolute Gasteiger partial charge is 0.210 e. The molecule has 1 amide bonds.